The Labute approximate surface area is 190 Å². The van der Waals surface area contributed by atoms with Gasteiger partial charge in [0.1, 0.15) is 22.2 Å². The summed E-state index contributed by atoms with van der Waals surface area (Å²) in [5, 5.41) is 0.351. The number of carbonyl (C=O) groups excluding carboxylic acids is 1. The van der Waals surface area contributed by atoms with Gasteiger partial charge >= 0.3 is 0 Å². The molecule has 0 unspecified atom stereocenters. The fourth-order valence-corrected chi connectivity index (χ4v) is 6.58. The van der Waals surface area contributed by atoms with Gasteiger partial charge in [-0.3, -0.25) is 4.79 Å². The number of hydrogen-bond donors (Lipinski definition) is 0. The first-order valence-corrected chi connectivity index (χ1v) is 13.0. The molecule has 168 valence electrons. The molecule has 31 heavy (non-hydrogen) atoms. The van der Waals surface area contributed by atoms with Gasteiger partial charge in [0.2, 0.25) is 0 Å². The van der Waals surface area contributed by atoms with Crippen molar-refractivity contribution in [3.63, 3.8) is 0 Å². The maximum Gasteiger partial charge on any atom is 0.188 e. The van der Waals surface area contributed by atoms with E-state index in [0.29, 0.717) is 11.6 Å². The number of rotatable bonds is 8. The zero-order valence-corrected chi connectivity index (χ0v) is 19.3. The van der Waals surface area contributed by atoms with Crippen molar-refractivity contribution in [3.8, 4) is 0 Å². The summed E-state index contributed by atoms with van der Waals surface area (Å²) in [7, 11) is -4.20. The first kappa shape index (κ1) is 24.2. The molecular formula is C22H23ClF2O4S2. The predicted octanol–water partition coefficient (Wildman–Crippen LogP) is 5.04. The second-order valence-corrected chi connectivity index (χ2v) is 11.2. The Hall–Kier alpha value is -1.48. The molecule has 4 nitrogen and oxygen atoms in total. The molecule has 0 radical (unpaired) electrons. The summed E-state index contributed by atoms with van der Waals surface area (Å²) in [4.78, 5) is 12.5. The van der Waals surface area contributed by atoms with Crippen LogP contribution in [0.5, 0.6) is 0 Å². The molecular weight excluding hydrogens is 466 g/mol. The zero-order chi connectivity index (χ0) is 22.6. The topological polar surface area (TPSA) is 60.4 Å². The molecule has 0 amide bonds. The van der Waals surface area contributed by atoms with Gasteiger partial charge in [0.15, 0.2) is 9.84 Å². The van der Waals surface area contributed by atoms with Gasteiger partial charge in [-0.15, -0.1) is 0 Å². The Kier molecular flexibility index (Phi) is 7.78. The van der Waals surface area contributed by atoms with Crippen molar-refractivity contribution in [2.45, 2.75) is 28.9 Å². The molecule has 0 aliphatic heterocycles. The normalized spacial score (nSPS) is 21.9. The second-order valence-electron chi connectivity index (χ2n) is 7.51. The lowest BCUT2D eigenvalue weighted by Crippen LogP contribution is -2.45. The first-order valence-electron chi connectivity index (χ1n) is 9.76. The molecule has 9 heteroatoms. The molecule has 1 fully saturated rings. The van der Waals surface area contributed by atoms with Crippen LogP contribution in [0.2, 0.25) is 5.02 Å². The van der Waals surface area contributed by atoms with Crippen LogP contribution in [0.25, 0.3) is 0 Å². The summed E-state index contributed by atoms with van der Waals surface area (Å²) >= 11 is 7.49. The van der Waals surface area contributed by atoms with E-state index in [1.165, 1.54) is 24.3 Å². The Morgan fingerprint density at radius 2 is 1.90 bits per heavy atom. The van der Waals surface area contributed by atoms with Crippen molar-refractivity contribution in [1.29, 1.82) is 0 Å². The number of benzene rings is 2. The van der Waals surface area contributed by atoms with Crippen molar-refractivity contribution in [1.82, 2.24) is 0 Å². The lowest BCUT2D eigenvalue weighted by atomic mass is 9.76. The molecule has 0 aromatic heterocycles. The quantitative estimate of drug-likeness (QED) is 0.487. The Bertz CT molecular complexity index is 1040. The number of halogens is 3. The van der Waals surface area contributed by atoms with Gasteiger partial charge in [0, 0.05) is 28.7 Å². The van der Waals surface area contributed by atoms with Gasteiger partial charge in [-0.25, -0.2) is 17.2 Å². The molecule has 1 aliphatic carbocycles. The van der Waals surface area contributed by atoms with Crippen molar-refractivity contribution in [3.05, 3.63) is 64.7 Å². The SMILES string of the molecule is CSCCOC[C@@H]1C[C@](c2cc(F)ccc2F)(S(=O)(=O)c2ccc(Cl)cc2)CCC1=O. The van der Waals surface area contributed by atoms with Crippen LogP contribution in [0.3, 0.4) is 0 Å². The Morgan fingerprint density at radius 3 is 2.58 bits per heavy atom. The minimum absolute atomic E-state index is 0.0359. The van der Waals surface area contributed by atoms with Crippen molar-refractivity contribution >= 4 is 39.0 Å². The first-order chi connectivity index (χ1) is 14.7. The van der Waals surface area contributed by atoms with Crippen LogP contribution in [-0.4, -0.2) is 39.4 Å². The summed E-state index contributed by atoms with van der Waals surface area (Å²) < 4.78 is 60.5. The molecule has 2 aromatic carbocycles. The van der Waals surface area contributed by atoms with Gasteiger partial charge < -0.3 is 4.74 Å². The Morgan fingerprint density at radius 1 is 1.19 bits per heavy atom. The van der Waals surface area contributed by atoms with Crippen LogP contribution in [-0.2, 0) is 24.1 Å². The molecule has 0 N–H and O–H groups in total. The average Bonchev–Trinajstić information content (AvgIpc) is 2.74. The third-order valence-corrected chi connectivity index (χ3v) is 8.95. The highest BCUT2D eigenvalue weighted by Crippen LogP contribution is 2.49. The van der Waals surface area contributed by atoms with Crippen LogP contribution in [0.1, 0.15) is 24.8 Å². The van der Waals surface area contributed by atoms with Crippen LogP contribution in [0.15, 0.2) is 47.4 Å². The van der Waals surface area contributed by atoms with E-state index in [9.17, 15) is 22.0 Å². The highest BCUT2D eigenvalue weighted by molar-refractivity contribution is 7.98. The van der Waals surface area contributed by atoms with Crippen molar-refractivity contribution < 1.29 is 26.7 Å². The molecule has 1 aliphatic rings. The lowest BCUT2D eigenvalue weighted by molar-refractivity contribution is -0.127. The second kappa shape index (κ2) is 9.98. The molecule has 0 saturated heterocycles. The monoisotopic (exact) mass is 488 g/mol. The molecule has 0 spiro atoms. The third-order valence-electron chi connectivity index (χ3n) is 5.62. The highest BCUT2D eigenvalue weighted by Gasteiger charge is 2.52. The number of ether oxygens (including phenoxy) is 1. The number of thioether (sulfide) groups is 1. The number of carbonyl (C=O) groups is 1. The van der Waals surface area contributed by atoms with E-state index in [-0.39, 0.29) is 42.1 Å². The largest absolute Gasteiger partial charge is 0.380 e. The molecule has 2 aromatic rings. The fourth-order valence-electron chi connectivity index (χ4n) is 3.98. The number of Topliss-reactive ketones (excluding diaryl/α,β-unsaturated/α-hetero) is 1. The molecule has 0 bridgehead atoms. The molecule has 3 rings (SSSR count). The third kappa shape index (κ3) is 4.97. The summed E-state index contributed by atoms with van der Waals surface area (Å²) in [6, 6.07) is 8.34. The number of hydrogen-bond acceptors (Lipinski definition) is 5. The van der Waals surface area contributed by atoms with Gasteiger partial charge in [-0.05, 0) is 61.6 Å². The van der Waals surface area contributed by atoms with Gasteiger partial charge in [0.25, 0.3) is 0 Å². The summed E-state index contributed by atoms with van der Waals surface area (Å²) in [5.74, 6) is -1.71. The maximum atomic E-state index is 14.9. The van der Waals surface area contributed by atoms with Crippen LogP contribution < -0.4 is 0 Å². The van der Waals surface area contributed by atoms with Gasteiger partial charge in [-0.1, -0.05) is 11.6 Å². The molecule has 1 saturated carbocycles. The fraction of sp³-hybridized carbons (Fsp3) is 0.409. The van der Waals surface area contributed by atoms with Gasteiger partial charge in [0.05, 0.1) is 18.1 Å². The van der Waals surface area contributed by atoms with Crippen LogP contribution in [0, 0.1) is 17.6 Å². The molecule has 2 atom stereocenters. The predicted molar refractivity (Wildman–Crippen MR) is 118 cm³/mol. The smallest absolute Gasteiger partial charge is 0.188 e. The minimum atomic E-state index is -4.20. The van der Waals surface area contributed by atoms with E-state index in [1.54, 1.807) is 11.8 Å². The van der Waals surface area contributed by atoms with E-state index in [4.69, 9.17) is 16.3 Å². The number of ketones is 1. The summed E-state index contributed by atoms with van der Waals surface area (Å²) in [6.45, 7) is 0.449. The Balaban J connectivity index is 2.10. The van der Waals surface area contributed by atoms with Crippen molar-refractivity contribution in [2.24, 2.45) is 5.92 Å². The average molecular weight is 489 g/mol. The van der Waals surface area contributed by atoms with E-state index >= 15 is 0 Å². The van der Waals surface area contributed by atoms with Gasteiger partial charge in [-0.2, -0.15) is 11.8 Å². The maximum absolute atomic E-state index is 14.9. The summed E-state index contributed by atoms with van der Waals surface area (Å²) in [5.41, 5.74) is -0.260. The van der Waals surface area contributed by atoms with E-state index in [2.05, 4.69) is 0 Å². The lowest BCUT2D eigenvalue weighted by Gasteiger charge is -2.40. The summed E-state index contributed by atoms with van der Waals surface area (Å²) in [6.07, 6.45) is 1.53. The van der Waals surface area contributed by atoms with E-state index in [0.717, 1.165) is 24.0 Å². The van der Waals surface area contributed by atoms with E-state index < -0.39 is 32.1 Å². The highest BCUT2D eigenvalue weighted by atomic mass is 35.5. The number of sulfone groups is 1. The van der Waals surface area contributed by atoms with Crippen molar-refractivity contribution in [2.75, 3.05) is 25.2 Å². The zero-order valence-electron chi connectivity index (χ0n) is 16.9. The minimum Gasteiger partial charge on any atom is -0.380 e. The van der Waals surface area contributed by atoms with E-state index in [1.807, 2.05) is 6.26 Å². The standard InChI is InChI=1S/C22H23ClF2O4S2/c1-30-11-10-29-14-15-13-22(9-8-21(15)26,19-12-17(24)4-7-20(19)25)31(27,28)18-5-2-16(23)3-6-18/h2-7,12,15H,8-11,13-14H2,1H3/t15-,22+/m0/s1. The van der Waals surface area contributed by atoms with Crippen LogP contribution in [0.4, 0.5) is 8.78 Å². The molecule has 0 heterocycles. The van der Waals surface area contributed by atoms with Crippen LogP contribution >= 0.6 is 23.4 Å².